The molecule has 0 spiro atoms. The molecule has 3 rings (SSSR count). The number of hydrogen-bond acceptors (Lipinski definition) is 1. The summed E-state index contributed by atoms with van der Waals surface area (Å²) in [7, 11) is -1.51. The molecule has 4 heteroatoms. The van der Waals surface area contributed by atoms with E-state index in [0.717, 1.165) is 0 Å². The van der Waals surface area contributed by atoms with Gasteiger partial charge in [-0.2, -0.15) is 0 Å². The van der Waals surface area contributed by atoms with E-state index in [1.807, 2.05) is 0 Å². The van der Waals surface area contributed by atoms with E-state index < -0.39 is 7.83 Å². The minimum atomic E-state index is -1.51. The number of allylic oxidation sites excluding steroid dienone is 1. The van der Waals surface area contributed by atoms with Crippen LogP contribution < -0.4 is 9.13 Å². The summed E-state index contributed by atoms with van der Waals surface area (Å²) in [6.07, 6.45) is 2.42. The van der Waals surface area contributed by atoms with Gasteiger partial charge in [0.1, 0.15) is 0 Å². The van der Waals surface area contributed by atoms with Gasteiger partial charge in [0.05, 0.1) is 0 Å². The first-order chi connectivity index (χ1) is 15.5. The zero-order chi connectivity index (χ0) is 24.6. The summed E-state index contributed by atoms with van der Waals surface area (Å²) in [5.74, 6) is 1.78. The molecule has 178 valence electrons. The molecule has 33 heavy (non-hydrogen) atoms. The van der Waals surface area contributed by atoms with Gasteiger partial charge >= 0.3 is 7.83 Å². The quantitative estimate of drug-likeness (QED) is 0.382. The predicted octanol–water partition coefficient (Wildman–Crippen LogP) is 8.98. The minimum Gasteiger partial charge on any atom is -0.346 e. The molecule has 2 aromatic carbocycles. The van der Waals surface area contributed by atoms with Gasteiger partial charge < -0.3 is 9.13 Å². The number of benzene rings is 2. The Morgan fingerprint density at radius 1 is 0.697 bits per heavy atom. The SMILES string of the molecule is CC1=CC(C)N(c2c(C(C)C)cccc2C(C)C)[Si](=S)N1c1c(C(C)C)cccc1C(C)C. The van der Waals surface area contributed by atoms with Crippen molar-refractivity contribution < 1.29 is 0 Å². The molecule has 1 aliphatic heterocycles. The summed E-state index contributed by atoms with van der Waals surface area (Å²) in [5, 5.41) is 0. The Balaban J connectivity index is 2.30. The van der Waals surface area contributed by atoms with Gasteiger partial charge in [0.25, 0.3) is 0 Å². The third-order valence-electron chi connectivity index (χ3n) is 6.79. The first-order valence-corrected chi connectivity index (χ1v) is 15.1. The van der Waals surface area contributed by atoms with Crippen molar-refractivity contribution in [2.75, 3.05) is 9.13 Å². The highest BCUT2D eigenvalue weighted by Gasteiger charge is 2.36. The Bertz CT molecular complexity index is 999. The zero-order valence-corrected chi connectivity index (χ0v) is 24.0. The fourth-order valence-electron chi connectivity index (χ4n) is 5.06. The fraction of sp³-hybridized carbons (Fsp3) is 0.517. The Morgan fingerprint density at radius 3 is 1.42 bits per heavy atom. The molecular formula is C29H42N2SSi. The maximum Gasteiger partial charge on any atom is 0.344 e. The second-order valence-corrected chi connectivity index (χ2v) is 13.3. The molecule has 0 N–H and O–H groups in total. The van der Waals surface area contributed by atoms with Crippen LogP contribution in [0.1, 0.15) is 115 Å². The van der Waals surface area contributed by atoms with Gasteiger partial charge in [0, 0.05) is 23.1 Å². The molecule has 0 fully saturated rings. The molecule has 1 aliphatic rings. The van der Waals surface area contributed by atoms with E-state index in [1.54, 1.807) is 0 Å². The largest absolute Gasteiger partial charge is 0.346 e. The molecule has 0 aromatic heterocycles. The molecule has 0 bridgehead atoms. The van der Waals surface area contributed by atoms with Gasteiger partial charge in [-0.25, -0.2) is 0 Å². The van der Waals surface area contributed by atoms with E-state index in [2.05, 4.69) is 121 Å². The van der Waals surface area contributed by atoms with Crippen LogP contribution in [0.4, 0.5) is 11.4 Å². The summed E-state index contributed by atoms with van der Waals surface area (Å²) >= 11 is 6.55. The molecular weight excluding hydrogens is 436 g/mol. The summed E-state index contributed by atoms with van der Waals surface area (Å²) in [4.78, 5) is 0. The average Bonchev–Trinajstić information content (AvgIpc) is 2.72. The van der Waals surface area contributed by atoms with Crippen molar-refractivity contribution in [3.05, 3.63) is 70.4 Å². The lowest BCUT2D eigenvalue weighted by molar-refractivity contribution is 0.789. The highest BCUT2D eigenvalue weighted by Crippen LogP contribution is 2.42. The number of hydrogen-bond donors (Lipinski definition) is 0. The Kier molecular flexibility index (Phi) is 8.01. The maximum atomic E-state index is 6.55. The summed E-state index contributed by atoms with van der Waals surface area (Å²) in [5.41, 5.74) is 9.65. The van der Waals surface area contributed by atoms with Crippen LogP contribution >= 0.6 is 11.6 Å². The predicted molar refractivity (Wildman–Crippen MR) is 151 cm³/mol. The molecule has 1 atom stereocenters. The van der Waals surface area contributed by atoms with Gasteiger partial charge in [0.2, 0.25) is 0 Å². The normalized spacial score (nSPS) is 17.1. The van der Waals surface area contributed by atoms with E-state index in [-0.39, 0.29) is 6.04 Å². The summed E-state index contributed by atoms with van der Waals surface area (Å²) in [6, 6.07) is 13.9. The first kappa shape index (κ1) is 25.8. The van der Waals surface area contributed by atoms with Gasteiger partial charge in [-0.15, -0.1) is 0 Å². The van der Waals surface area contributed by atoms with Crippen LogP contribution in [0.15, 0.2) is 48.2 Å². The third-order valence-corrected chi connectivity index (χ3v) is 9.93. The molecule has 0 radical (unpaired) electrons. The zero-order valence-electron chi connectivity index (χ0n) is 22.2. The van der Waals surface area contributed by atoms with E-state index in [9.17, 15) is 0 Å². The van der Waals surface area contributed by atoms with Crippen molar-refractivity contribution in [3.63, 3.8) is 0 Å². The van der Waals surface area contributed by atoms with Crippen LogP contribution in [0, 0.1) is 0 Å². The van der Waals surface area contributed by atoms with Crippen LogP contribution in [-0.4, -0.2) is 13.9 Å². The molecule has 0 saturated carbocycles. The van der Waals surface area contributed by atoms with Crippen LogP contribution in [0.5, 0.6) is 0 Å². The lowest BCUT2D eigenvalue weighted by Crippen LogP contribution is -2.53. The molecule has 0 amide bonds. The minimum absolute atomic E-state index is 0.277. The first-order valence-electron chi connectivity index (χ1n) is 12.5. The highest BCUT2D eigenvalue weighted by molar-refractivity contribution is 7.89. The maximum absolute atomic E-state index is 6.55. The lowest BCUT2D eigenvalue weighted by atomic mass is 9.92. The van der Waals surface area contributed by atoms with E-state index >= 15 is 0 Å². The third kappa shape index (κ3) is 4.88. The van der Waals surface area contributed by atoms with Gasteiger partial charge in [-0.3, -0.25) is 0 Å². The van der Waals surface area contributed by atoms with Gasteiger partial charge in [-0.05, 0) is 65.8 Å². The summed E-state index contributed by atoms with van der Waals surface area (Å²) < 4.78 is 5.13. The Morgan fingerprint density at radius 2 is 1.06 bits per heavy atom. The van der Waals surface area contributed by atoms with Crippen molar-refractivity contribution >= 4 is 30.8 Å². The smallest absolute Gasteiger partial charge is 0.344 e. The fourth-order valence-corrected chi connectivity index (χ4v) is 8.45. The second-order valence-electron chi connectivity index (χ2n) is 10.7. The van der Waals surface area contributed by atoms with Crippen LogP contribution in [-0.2, 0) is 0 Å². The second kappa shape index (κ2) is 10.2. The molecule has 0 saturated heterocycles. The molecule has 0 aliphatic carbocycles. The number of para-hydroxylation sites is 2. The standard InChI is InChI=1S/C29H42N2SSi/c1-18(2)24-13-11-14-25(19(3)4)28(24)30-22(9)17-23(10)31(33(30)32)29-26(20(5)6)15-12-16-27(29)21(7)8/h11-22H,1-10H3. The topological polar surface area (TPSA) is 6.48 Å². The molecule has 2 nitrogen and oxygen atoms in total. The average molecular weight is 479 g/mol. The van der Waals surface area contributed by atoms with Crippen molar-refractivity contribution in [1.82, 2.24) is 0 Å². The van der Waals surface area contributed by atoms with Gasteiger partial charge in [-0.1, -0.05) is 103 Å². The van der Waals surface area contributed by atoms with E-state index in [0.29, 0.717) is 23.7 Å². The van der Waals surface area contributed by atoms with Gasteiger partial charge in [0.15, 0.2) is 0 Å². The molecule has 1 heterocycles. The number of nitrogens with zero attached hydrogens (tertiary/aromatic N) is 2. The number of anilines is 2. The number of rotatable bonds is 6. The van der Waals surface area contributed by atoms with Crippen molar-refractivity contribution in [1.29, 1.82) is 0 Å². The van der Waals surface area contributed by atoms with Crippen LogP contribution in [0.3, 0.4) is 0 Å². The highest BCUT2D eigenvalue weighted by atomic mass is 32.2. The molecule has 1 unspecified atom stereocenters. The van der Waals surface area contributed by atoms with Crippen molar-refractivity contribution in [2.24, 2.45) is 0 Å². The lowest BCUT2D eigenvalue weighted by Gasteiger charge is -2.44. The van der Waals surface area contributed by atoms with Crippen molar-refractivity contribution in [2.45, 2.75) is 99.0 Å². The van der Waals surface area contributed by atoms with E-state index in [1.165, 1.54) is 39.3 Å². The van der Waals surface area contributed by atoms with E-state index in [4.69, 9.17) is 11.6 Å². The monoisotopic (exact) mass is 478 g/mol. The summed E-state index contributed by atoms with van der Waals surface area (Å²) in [6.45, 7) is 23.0. The Hall–Kier alpha value is -1.78. The van der Waals surface area contributed by atoms with Crippen LogP contribution in [0.2, 0.25) is 0 Å². The molecule has 2 aromatic rings. The Labute approximate surface area is 209 Å². The van der Waals surface area contributed by atoms with Crippen molar-refractivity contribution in [3.8, 4) is 0 Å². The van der Waals surface area contributed by atoms with Crippen LogP contribution in [0.25, 0.3) is 0 Å².